The molecule has 1 aromatic rings. The summed E-state index contributed by atoms with van der Waals surface area (Å²) in [5.41, 5.74) is -0.121. The van der Waals surface area contributed by atoms with Crippen molar-refractivity contribution < 1.29 is 9.53 Å². The smallest absolute Gasteiger partial charge is 0.328 e. The van der Waals surface area contributed by atoms with Crippen molar-refractivity contribution in [2.24, 2.45) is 0 Å². The van der Waals surface area contributed by atoms with Crippen LogP contribution in [0, 0.1) is 0 Å². The molecule has 6 heteroatoms. The van der Waals surface area contributed by atoms with Gasteiger partial charge in [-0.3, -0.25) is 13.9 Å². The van der Waals surface area contributed by atoms with Crippen LogP contribution in [0.4, 0.5) is 0 Å². The Morgan fingerprint density at radius 2 is 2.05 bits per heavy atom. The van der Waals surface area contributed by atoms with E-state index >= 15 is 0 Å². The van der Waals surface area contributed by atoms with Crippen molar-refractivity contribution in [1.29, 1.82) is 0 Å². The Labute approximate surface area is 112 Å². The SMILES string of the molecule is CCCn1ccn(CC(=O)NC2CCOCC2)c1=O. The van der Waals surface area contributed by atoms with E-state index in [1.165, 1.54) is 4.57 Å². The lowest BCUT2D eigenvalue weighted by molar-refractivity contribution is -0.123. The largest absolute Gasteiger partial charge is 0.381 e. The fourth-order valence-electron chi connectivity index (χ4n) is 2.25. The molecule has 19 heavy (non-hydrogen) atoms. The second-order valence-electron chi connectivity index (χ2n) is 4.86. The molecule has 0 bridgehead atoms. The molecule has 106 valence electrons. The summed E-state index contributed by atoms with van der Waals surface area (Å²) in [6, 6.07) is 0.176. The van der Waals surface area contributed by atoms with E-state index in [9.17, 15) is 9.59 Å². The summed E-state index contributed by atoms with van der Waals surface area (Å²) in [6.45, 7) is 4.18. The van der Waals surface area contributed by atoms with Crippen LogP contribution >= 0.6 is 0 Å². The molecule has 0 aliphatic carbocycles. The second-order valence-corrected chi connectivity index (χ2v) is 4.86. The number of carbonyl (C=O) groups excluding carboxylic acids is 1. The van der Waals surface area contributed by atoms with Gasteiger partial charge in [0.2, 0.25) is 5.91 Å². The van der Waals surface area contributed by atoms with Crippen molar-refractivity contribution in [3.05, 3.63) is 22.9 Å². The number of carbonyl (C=O) groups is 1. The molecule has 1 N–H and O–H groups in total. The molecule has 0 radical (unpaired) electrons. The number of aromatic nitrogens is 2. The lowest BCUT2D eigenvalue weighted by Gasteiger charge is -2.23. The maximum Gasteiger partial charge on any atom is 0.328 e. The first-order valence-corrected chi connectivity index (χ1v) is 6.83. The van der Waals surface area contributed by atoms with Crippen molar-refractivity contribution in [2.75, 3.05) is 13.2 Å². The van der Waals surface area contributed by atoms with Gasteiger partial charge in [0.1, 0.15) is 6.54 Å². The predicted octanol–water partition coefficient (Wildman–Crippen LogP) is 0.355. The lowest BCUT2D eigenvalue weighted by atomic mass is 10.1. The van der Waals surface area contributed by atoms with Gasteiger partial charge in [-0.2, -0.15) is 0 Å². The van der Waals surface area contributed by atoms with Crippen molar-refractivity contribution in [3.8, 4) is 0 Å². The quantitative estimate of drug-likeness (QED) is 0.837. The van der Waals surface area contributed by atoms with Gasteiger partial charge in [0.25, 0.3) is 0 Å². The first-order valence-electron chi connectivity index (χ1n) is 6.83. The van der Waals surface area contributed by atoms with Gasteiger partial charge in [0, 0.05) is 38.2 Å². The van der Waals surface area contributed by atoms with Crippen molar-refractivity contribution in [1.82, 2.24) is 14.5 Å². The van der Waals surface area contributed by atoms with Crippen LogP contribution in [0.15, 0.2) is 17.2 Å². The first kappa shape index (κ1) is 13.9. The van der Waals surface area contributed by atoms with Gasteiger partial charge in [-0.15, -0.1) is 0 Å². The van der Waals surface area contributed by atoms with Gasteiger partial charge < -0.3 is 10.1 Å². The zero-order chi connectivity index (χ0) is 13.7. The van der Waals surface area contributed by atoms with Crippen LogP contribution in [0.5, 0.6) is 0 Å². The fourth-order valence-corrected chi connectivity index (χ4v) is 2.25. The standard InChI is InChI=1S/C13H21N3O3/c1-2-5-15-6-7-16(13(15)18)10-12(17)14-11-3-8-19-9-4-11/h6-7,11H,2-5,8-10H2,1H3,(H,14,17). The summed E-state index contributed by atoms with van der Waals surface area (Å²) in [7, 11) is 0. The van der Waals surface area contributed by atoms with Gasteiger partial charge in [-0.25, -0.2) is 4.79 Å². The van der Waals surface area contributed by atoms with Gasteiger partial charge in [0.05, 0.1) is 0 Å². The molecule has 1 fully saturated rings. The Bertz CT molecular complexity index is 472. The Hall–Kier alpha value is -1.56. The minimum Gasteiger partial charge on any atom is -0.381 e. The van der Waals surface area contributed by atoms with E-state index < -0.39 is 0 Å². The Morgan fingerprint density at radius 3 is 2.74 bits per heavy atom. The maximum absolute atomic E-state index is 11.9. The first-order chi connectivity index (χ1) is 9.20. The summed E-state index contributed by atoms with van der Waals surface area (Å²) in [6.07, 6.45) is 5.99. The molecule has 0 unspecified atom stereocenters. The van der Waals surface area contributed by atoms with E-state index in [1.807, 2.05) is 6.92 Å². The molecule has 1 aliphatic heterocycles. The molecule has 0 aromatic carbocycles. The molecule has 6 nitrogen and oxygen atoms in total. The van der Waals surface area contributed by atoms with Crippen LogP contribution in [0.25, 0.3) is 0 Å². The maximum atomic E-state index is 11.9. The van der Waals surface area contributed by atoms with Crippen LogP contribution in [0.2, 0.25) is 0 Å². The highest BCUT2D eigenvalue weighted by molar-refractivity contribution is 5.76. The Morgan fingerprint density at radius 1 is 1.37 bits per heavy atom. The molecule has 1 amide bonds. The van der Waals surface area contributed by atoms with Crippen LogP contribution < -0.4 is 11.0 Å². The van der Waals surface area contributed by atoms with E-state index in [-0.39, 0.29) is 24.2 Å². The fraction of sp³-hybridized carbons (Fsp3) is 0.692. The number of rotatable bonds is 5. The summed E-state index contributed by atoms with van der Waals surface area (Å²) in [4.78, 5) is 23.8. The van der Waals surface area contributed by atoms with Crippen LogP contribution in [-0.4, -0.2) is 34.3 Å². The Kier molecular flexibility index (Phi) is 4.79. The number of nitrogens with one attached hydrogen (secondary N) is 1. The lowest BCUT2D eigenvalue weighted by Crippen LogP contribution is -2.41. The van der Waals surface area contributed by atoms with E-state index in [2.05, 4.69) is 5.32 Å². The molecule has 2 heterocycles. The van der Waals surface area contributed by atoms with Gasteiger partial charge in [0.15, 0.2) is 0 Å². The zero-order valence-electron chi connectivity index (χ0n) is 11.3. The van der Waals surface area contributed by atoms with Crippen molar-refractivity contribution in [2.45, 2.75) is 45.3 Å². The van der Waals surface area contributed by atoms with E-state index in [0.717, 1.165) is 19.3 Å². The molecule has 1 saturated heterocycles. The number of hydrogen-bond acceptors (Lipinski definition) is 3. The minimum atomic E-state index is -0.121. The van der Waals surface area contributed by atoms with Crippen LogP contribution in [0.3, 0.4) is 0 Å². The van der Waals surface area contributed by atoms with Gasteiger partial charge in [-0.1, -0.05) is 6.92 Å². The molecular formula is C13H21N3O3. The van der Waals surface area contributed by atoms with E-state index in [1.54, 1.807) is 17.0 Å². The monoisotopic (exact) mass is 267 g/mol. The average molecular weight is 267 g/mol. The summed E-state index contributed by atoms with van der Waals surface area (Å²) >= 11 is 0. The summed E-state index contributed by atoms with van der Waals surface area (Å²) in [5, 5.41) is 2.95. The van der Waals surface area contributed by atoms with Crippen molar-refractivity contribution in [3.63, 3.8) is 0 Å². The highest BCUT2D eigenvalue weighted by atomic mass is 16.5. The molecule has 1 aromatic heterocycles. The summed E-state index contributed by atoms with van der Waals surface area (Å²) in [5.74, 6) is -0.108. The highest BCUT2D eigenvalue weighted by Crippen LogP contribution is 2.05. The number of amides is 1. The molecule has 0 spiro atoms. The number of nitrogens with zero attached hydrogens (tertiary/aromatic N) is 2. The number of ether oxygens (including phenoxy) is 1. The minimum absolute atomic E-state index is 0.0902. The molecule has 2 rings (SSSR count). The Balaban J connectivity index is 1.89. The third kappa shape index (κ3) is 3.70. The van der Waals surface area contributed by atoms with E-state index in [0.29, 0.717) is 19.8 Å². The molecule has 0 saturated carbocycles. The highest BCUT2D eigenvalue weighted by Gasteiger charge is 2.16. The number of imidazole rings is 1. The second kappa shape index (κ2) is 6.56. The van der Waals surface area contributed by atoms with Crippen LogP contribution in [-0.2, 0) is 22.6 Å². The normalized spacial score (nSPS) is 16.5. The van der Waals surface area contributed by atoms with Crippen molar-refractivity contribution >= 4 is 5.91 Å². The summed E-state index contributed by atoms with van der Waals surface area (Å²) < 4.78 is 8.31. The van der Waals surface area contributed by atoms with Crippen LogP contribution in [0.1, 0.15) is 26.2 Å². The van der Waals surface area contributed by atoms with Gasteiger partial charge >= 0.3 is 5.69 Å². The predicted molar refractivity (Wildman–Crippen MR) is 71.0 cm³/mol. The average Bonchev–Trinajstić information content (AvgIpc) is 2.73. The topological polar surface area (TPSA) is 65.3 Å². The van der Waals surface area contributed by atoms with Gasteiger partial charge in [-0.05, 0) is 19.3 Å². The zero-order valence-corrected chi connectivity index (χ0v) is 11.3. The molecule has 1 aliphatic rings. The number of aryl methyl sites for hydroxylation is 1. The third-order valence-electron chi connectivity index (χ3n) is 3.28. The third-order valence-corrected chi connectivity index (χ3v) is 3.28. The molecular weight excluding hydrogens is 246 g/mol. The van der Waals surface area contributed by atoms with E-state index in [4.69, 9.17) is 4.74 Å². The molecule has 0 atom stereocenters. The number of hydrogen-bond donors (Lipinski definition) is 1.